The Labute approximate surface area is 196 Å². The van der Waals surface area contributed by atoms with E-state index in [0.717, 1.165) is 65.4 Å². The predicted octanol–water partition coefficient (Wildman–Crippen LogP) is 5.92. The SMILES string of the molecule is Cc1cc(-c2ccccc2Cl)c2nc(N3CCNCC3)n(Cc3ccc(F)c(Cl)c3)c2c1. The van der Waals surface area contributed by atoms with Crippen LogP contribution in [0.3, 0.4) is 0 Å². The number of aromatic nitrogens is 2. The lowest BCUT2D eigenvalue weighted by Gasteiger charge is -2.29. The number of hydrogen-bond acceptors (Lipinski definition) is 3. The third-order valence-corrected chi connectivity index (χ3v) is 6.49. The summed E-state index contributed by atoms with van der Waals surface area (Å²) in [5.74, 6) is 0.492. The first kappa shape index (κ1) is 21.3. The van der Waals surface area contributed by atoms with Crippen LogP contribution in [0.2, 0.25) is 10.0 Å². The molecule has 0 amide bonds. The number of anilines is 1. The summed E-state index contributed by atoms with van der Waals surface area (Å²) in [5, 5.41) is 4.23. The normalized spacial score (nSPS) is 14.3. The van der Waals surface area contributed by atoms with Crippen molar-refractivity contribution in [1.82, 2.24) is 14.9 Å². The van der Waals surface area contributed by atoms with Crippen LogP contribution in [0.1, 0.15) is 11.1 Å². The van der Waals surface area contributed by atoms with Gasteiger partial charge in [0.25, 0.3) is 0 Å². The van der Waals surface area contributed by atoms with E-state index >= 15 is 0 Å². The van der Waals surface area contributed by atoms with Gasteiger partial charge in [0.05, 0.1) is 22.6 Å². The molecule has 1 N–H and O–H groups in total. The van der Waals surface area contributed by atoms with Gasteiger partial charge in [-0.25, -0.2) is 9.37 Å². The number of halogens is 3. The van der Waals surface area contributed by atoms with Gasteiger partial charge < -0.3 is 14.8 Å². The highest BCUT2D eigenvalue weighted by Crippen LogP contribution is 2.36. The Kier molecular flexibility index (Phi) is 5.80. The number of imidazole rings is 1. The second-order valence-corrected chi connectivity index (χ2v) is 8.96. The minimum Gasteiger partial charge on any atom is -0.340 e. The van der Waals surface area contributed by atoms with Gasteiger partial charge in [0.15, 0.2) is 0 Å². The molecule has 4 aromatic rings. The van der Waals surface area contributed by atoms with E-state index in [9.17, 15) is 4.39 Å². The zero-order chi connectivity index (χ0) is 22.2. The van der Waals surface area contributed by atoms with Gasteiger partial charge in [0.2, 0.25) is 5.95 Å². The second kappa shape index (κ2) is 8.74. The van der Waals surface area contributed by atoms with Gasteiger partial charge >= 0.3 is 0 Å². The first-order valence-electron chi connectivity index (χ1n) is 10.7. The average Bonchev–Trinajstić information content (AvgIpc) is 3.15. The Balaban J connectivity index is 1.72. The molecule has 3 aromatic carbocycles. The van der Waals surface area contributed by atoms with Gasteiger partial charge in [-0.15, -0.1) is 0 Å². The van der Waals surface area contributed by atoms with Gasteiger partial charge in [-0.1, -0.05) is 47.5 Å². The molecule has 1 saturated heterocycles. The van der Waals surface area contributed by atoms with E-state index in [4.69, 9.17) is 28.2 Å². The van der Waals surface area contributed by atoms with Crippen molar-refractivity contribution in [2.45, 2.75) is 13.5 Å². The van der Waals surface area contributed by atoms with Crippen LogP contribution in [0.5, 0.6) is 0 Å². The smallest absolute Gasteiger partial charge is 0.206 e. The van der Waals surface area contributed by atoms with Crippen molar-refractivity contribution in [3.63, 3.8) is 0 Å². The summed E-state index contributed by atoms with van der Waals surface area (Å²) in [5.41, 5.74) is 5.95. The fourth-order valence-corrected chi connectivity index (χ4v) is 4.76. The highest BCUT2D eigenvalue weighted by molar-refractivity contribution is 6.33. The summed E-state index contributed by atoms with van der Waals surface area (Å²) < 4.78 is 16.0. The van der Waals surface area contributed by atoms with Crippen LogP contribution in [-0.4, -0.2) is 35.7 Å². The van der Waals surface area contributed by atoms with Crippen LogP contribution in [0.25, 0.3) is 22.2 Å². The molecule has 1 aromatic heterocycles. The summed E-state index contributed by atoms with van der Waals surface area (Å²) in [4.78, 5) is 7.43. The average molecular weight is 469 g/mol. The van der Waals surface area contributed by atoms with Gasteiger partial charge in [-0.3, -0.25) is 0 Å². The first-order valence-corrected chi connectivity index (χ1v) is 11.4. The van der Waals surface area contributed by atoms with Crippen LogP contribution < -0.4 is 10.2 Å². The number of nitrogens with zero attached hydrogens (tertiary/aromatic N) is 3. The minimum atomic E-state index is -0.412. The largest absolute Gasteiger partial charge is 0.340 e. The van der Waals surface area contributed by atoms with Crippen molar-refractivity contribution >= 4 is 40.2 Å². The highest BCUT2D eigenvalue weighted by Gasteiger charge is 2.22. The molecule has 0 unspecified atom stereocenters. The van der Waals surface area contributed by atoms with Crippen molar-refractivity contribution in [3.8, 4) is 11.1 Å². The number of fused-ring (bicyclic) bond motifs is 1. The van der Waals surface area contributed by atoms with Crippen molar-refractivity contribution in [2.75, 3.05) is 31.1 Å². The number of benzene rings is 3. The maximum Gasteiger partial charge on any atom is 0.206 e. The monoisotopic (exact) mass is 468 g/mol. The second-order valence-electron chi connectivity index (χ2n) is 8.14. The molecule has 1 aliphatic rings. The van der Waals surface area contributed by atoms with E-state index in [2.05, 4.69) is 33.8 Å². The van der Waals surface area contributed by atoms with E-state index in [1.54, 1.807) is 12.1 Å². The number of aryl methyl sites for hydroxylation is 1. The van der Waals surface area contributed by atoms with Gasteiger partial charge in [-0.2, -0.15) is 0 Å². The molecule has 5 rings (SSSR count). The first-order chi connectivity index (χ1) is 15.5. The lowest BCUT2D eigenvalue weighted by molar-refractivity contribution is 0.571. The molecule has 164 valence electrons. The third-order valence-electron chi connectivity index (χ3n) is 5.87. The van der Waals surface area contributed by atoms with Crippen LogP contribution in [0.4, 0.5) is 10.3 Å². The number of nitrogens with one attached hydrogen (secondary N) is 1. The Morgan fingerprint density at radius 1 is 0.969 bits per heavy atom. The number of rotatable bonds is 4. The molecule has 0 spiro atoms. The zero-order valence-corrected chi connectivity index (χ0v) is 19.2. The van der Waals surface area contributed by atoms with Crippen LogP contribution >= 0.6 is 23.2 Å². The summed E-state index contributed by atoms with van der Waals surface area (Å²) in [6, 6.07) is 17.0. The van der Waals surface area contributed by atoms with Gasteiger partial charge in [0.1, 0.15) is 5.82 Å². The molecule has 0 aliphatic carbocycles. The Morgan fingerprint density at radius 3 is 2.50 bits per heavy atom. The van der Waals surface area contributed by atoms with Gasteiger partial charge in [0, 0.05) is 42.3 Å². The Morgan fingerprint density at radius 2 is 1.75 bits per heavy atom. The highest BCUT2D eigenvalue weighted by atomic mass is 35.5. The van der Waals surface area contributed by atoms with Crippen LogP contribution in [-0.2, 0) is 6.54 Å². The fraction of sp³-hybridized carbons (Fsp3) is 0.240. The summed E-state index contributed by atoms with van der Waals surface area (Å²) in [6.07, 6.45) is 0. The fourth-order valence-electron chi connectivity index (χ4n) is 4.32. The van der Waals surface area contributed by atoms with E-state index in [1.165, 1.54) is 6.07 Å². The molecule has 7 heteroatoms. The predicted molar refractivity (Wildman–Crippen MR) is 131 cm³/mol. The molecule has 0 saturated carbocycles. The molecular formula is C25H23Cl2FN4. The lowest BCUT2D eigenvalue weighted by Crippen LogP contribution is -2.44. The van der Waals surface area contributed by atoms with E-state index < -0.39 is 5.82 Å². The van der Waals surface area contributed by atoms with Crippen molar-refractivity contribution < 1.29 is 4.39 Å². The summed E-state index contributed by atoms with van der Waals surface area (Å²) in [7, 11) is 0. The van der Waals surface area contributed by atoms with E-state index in [1.807, 2.05) is 24.3 Å². The number of hydrogen-bond donors (Lipinski definition) is 1. The zero-order valence-electron chi connectivity index (χ0n) is 17.7. The molecule has 0 radical (unpaired) electrons. The third kappa shape index (κ3) is 3.96. The minimum absolute atomic E-state index is 0.128. The van der Waals surface area contributed by atoms with Gasteiger partial charge in [-0.05, 0) is 48.4 Å². The Hall–Kier alpha value is -2.60. The molecule has 0 atom stereocenters. The van der Waals surface area contributed by atoms with Crippen molar-refractivity contribution in [1.29, 1.82) is 0 Å². The Bertz CT molecular complexity index is 1290. The molecule has 1 aliphatic heterocycles. The van der Waals surface area contributed by atoms with Crippen LogP contribution in [0.15, 0.2) is 54.6 Å². The quantitative estimate of drug-likeness (QED) is 0.403. The van der Waals surface area contributed by atoms with Crippen molar-refractivity contribution in [2.24, 2.45) is 0 Å². The molecular weight excluding hydrogens is 446 g/mol. The molecule has 4 nitrogen and oxygen atoms in total. The summed E-state index contributed by atoms with van der Waals surface area (Å²) in [6.45, 7) is 6.17. The topological polar surface area (TPSA) is 33.1 Å². The molecule has 32 heavy (non-hydrogen) atoms. The maximum absolute atomic E-state index is 13.8. The standard InChI is InChI=1S/C25H23Cl2FN4/c1-16-12-19(18-4-2-3-5-20(18)26)24-23(13-16)32(15-17-6-7-22(28)21(27)14-17)25(30-24)31-10-8-29-9-11-31/h2-7,12-14,29H,8-11,15H2,1H3. The van der Waals surface area contributed by atoms with E-state index in [-0.39, 0.29) is 5.02 Å². The molecule has 0 bridgehead atoms. The number of piperazine rings is 1. The van der Waals surface area contributed by atoms with Crippen LogP contribution in [0, 0.1) is 12.7 Å². The van der Waals surface area contributed by atoms with Crippen molar-refractivity contribution in [3.05, 3.63) is 81.6 Å². The molecule has 1 fully saturated rings. The molecule has 2 heterocycles. The lowest BCUT2D eigenvalue weighted by atomic mass is 10.0. The maximum atomic E-state index is 13.8. The van der Waals surface area contributed by atoms with E-state index in [0.29, 0.717) is 11.6 Å². The summed E-state index contributed by atoms with van der Waals surface area (Å²) >= 11 is 12.6.